The topological polar surface area (TPSA) is 12.4 Å². The zero-order valence-electron chi connectivity index (χ0n) is 12.3. The molecule has 1 heterocycles. The van der Waals surface area contributed by atoms with Gasteiger partial charge < -0.3 is 0 Å². The minimum atomic E-state index is -0.0426. The van der Waals surface area contributed by atoms with Crippen LogP contribution in [0.4, 0.5) is 5.69 Å². The highest BCUT2D eigenvalue weighted by molar-refractivity contribution is 6.13. The molecule has 0 radical (unpaired) electrons. The first kappa shape index (κ1) is 12.3. The standard InChI is InChI=1S/C20H17N/c1-20(2)17-9-5-6-10-18(17)21-19(20)16-12-11-14-7-3-4-8-15(14)13-16/h3-13H,1-2H3. The SMILES string of the molecule is CC1(C)C(c2ccc3ccccc3c2)=Nc2ccccc21. The maximum absolute atomic E-state index is 4.90. The van der Waals surface area contributed by atoms with Crippen molar-refractivity contribution in [2.75, 3.05) is 0 Å². The maximum atomic E-state index is 4.90. The van der Waals surface area contributed by atoms with Crippen LogP contribution in [0, 0.1) is 0 Å². The van der Waals surface area contributed by atoms with Gasteiger partial charge in [0.05, 0.1) is 11.4 Å². The summed E-state index contributed by atoms with van der Waals surface area (Å²) in [6, 6.07) is 23.5. The van der Waals surface area contributed by atoms with Crippen LogP contribution in [-0.2, 0) is 5.41 Å². The van der Waals surface area contributed by atoms with Gasteiger partial charge in [0.15, 0.2) is 0 Å². The van der Waals surface area contributed by atoms with E-state index in [1.807, 2.05) is 0 Å². The van der Waals surface area contributed by atoms with Gasteiger partial charge in [-0.1, -0.05) is 68.4 Å². The summed E-state index contributed by atoms with van der Waals surface area (Å²) in [5, 5.41) is 2.54. The molecule has 1 aliphatic heterocycles. The summed E-state index contributed by atoms with van der Waals surface area (Å²) in [5.74, 6) is 0. The Balaban J connectivity index is 1.90. The van der Waals surface area contributed by atoms with E-state index in [2.05, 4.69) is 80.6 Å². The number of para-hydroxylation sites is 1. The third-order valence-electron chi connectivity index (χ3n) is 4.42. The summed E-state index contributed by atoms with van der Waals surface area (Å²) in [5.41, 5.74) is 4.75. The van der Waals surface area contributed by atoms with E-state index in [1.165, 1.54) is 21.9 Å². The molecular weight excluding hydrogens is 254 g/mol. The van der Waals surface area contributed by atoms with Crippen LogP contribution in [0.1, 0.15) is 25.0 Å². The Hall–Kier alpha value is -2.41. The van der Waals surface area contributed by atoms with Crippen molar-refractivity contribution in [3.8, 4) is 0 Å². The van der Waals surface area contributed by atoms with E-state index < -0.39 is 0 Å². The molecule has 1 aliphatic rings. The minimum absolute atomic E-state index is 0.0426. The summed E-state index contributed by atoms with van der Waals surface area (Å²) in [7, 11) is 0. The largest absolute Gasteiger partial charge is 0.252 e. The van der Waals surface area contributed by atoms with E-state index in [0.717, 1.165) is 11.4 Å². The van der Waals surface area contributed by atoms with Crippen LogP contribution in [0.15, 0.2) is 71.7 Å². The fourth-order valence-corrected chi connectivity index (χ4v) is 3.25. The van der Waals surface area contributed by atoms with Crippen molar-refractivity contribution in [2.45, 2.75) is 19.3 Å². The Bertz CT molecular complexity index is 872. The minimum Gasteiger partial charge on any atom is -0.252 e. The van der Waals surface area contributed by atoms with Crippen molar-refractivity contribution >= 4 is 22.2 Å². The number of nitrogens with zero attached hydrogens (tertiary/aromatic N) is 1. The van der Waals surface area contributed by atoms with Gasteiger partial charge >= 0.3 is 0 Å². The Labute approximate surface area is 125 Å². The molecule has 1 nitrogen and oxygen atoms in total. The molecule has 1 heteroatoms. The summed E-state index contributed by atoms with van der Waals surface area (Å²) in [6.07, 6.45) is 0. The number of hydrogen-bond acceptors (Lipinski definition) is 1. The predicted molar refractivity (Wildman–Crippen MR) is 89.6 cm³/mol. The van der Waals surface area contributed by atoms with E-state index >= 15 is 0 Å². The van der Waals surface area contributed by atoms with E-state index in [9.17, 15) is 0 Å². The molecule has 21 heavy (non-hydrogen) atoms. The average molecular weight is 271 g/mol. The Morgan fingerprint density at radius 1 is 0.762 bits per heavy atom. The van der Waals surface area contributed by atoms with Crippen molar-refractivity contribution in [1.82, 2.24) is 0 Å². The van der Waals surface area contributed by atoms with E-state index in [4.69, 9.17) is 4.99 Å². The first-order valence-electron chi connectivity index (χ1n) is 7.34. The lowest BCUT2D eigenvalue weighted by Crippen LogP contribution is -2.26. The summed E-state index contributed by atoms with van der Waals surface area (Å²) in [6.45, 7) is 4.51. The van der Waals surface area contributed by atoms with E-state index in [0.29, 0.717) is 0 Å². The molecule has 0 aliphatic carbocycles. The fraction of sp³-hybridized carbons (Fsp3) is 0.150. The first-order chi connectivity index (χ1) is 10.2. The molecule has 0 fully saturated rings. The van der Waals surface area contributed by atoms with Crippen LogP contribution in [0.5, 0.6) is 0 Å². The van der Waals surface area contributed by atoms with Crippen LogP contribution >= 0.6 is 0 Å². The number of benzene rings is 3. The van der Waals surface area contributed by atoms with Gasteiger partial charge in [-0.15, -0.1) is 0 Å². The Morgan fingerprint density at radius 3 is 2.29 bits per heavy atom. The van der Waals surface area contributed by atoms with Crippen LogP contribution in [0.2, 0.25) is 0 Å². The zero-order valence-corrected chi connectivity index (χ0v) is 12.3. The Morgan fingerprint density at radius 2 is 1.48 bits per heavy atom. The van der Waals surface area contributed by atoms with Crippen LogP contribution in [-0.4, -0.2) is 5.71 Å². The average Bonchev–Trinajstić information content (AvgIpc) is 2.79. The van der Waals surface area contributed by atoms with Crippen molar-refractivity contribution in [3.63, 3.8) is 0 Å². The van der Waals surface area contributed by atoms with Crippen LogP contribution < -0.4 is 0 Å². The highest BCUT2D eigenvalue weighted by atomic mass is 14.8. The van der Waals surface area contributed by atoms with Gasteiger partial charge in [0.1, 0.15) is 0 Å². The zero-order chi connectivity index (χ0) is 14.4. The molecule has 0 aromatic heterocycles. The molecule has 3 aromatic rings. The highest BCUT2D eigenvalue weighted by Gasteiger charge is 2.35. The summed E-state index contributed by atoms with van der Waals surface area (Å²) < 4.78 is 0. The molecule has 3 aromatic carbocycles. The van der Waals surface area contributed by atoms with Gasteiger partial charge in [-0.2, -0.15) is 0 Å². The monoisotopic (exact) mass is 271 g/mol. The number of rotatable bonds is 1. The molecular formula is C20H17N. The lowest BCUT2D eigenvalue weighted by molar-refractivity contribution is 0.737. The number of aliphatic imine (C=N–C) groups is 1. The number of hydrogen-bond donors (Lipinski definition) is 0. The molecule has 0 saturated heterocycles. The molecule has 0 unspecified atom stereocenters. The molecule has 102 valence electrons. The van der Waals surface area contributed by atoms with Crippen LogP contribution in [0.3, 0.4) is 0 Å². The van der Waals surface area contributed by atoms with E-state index in [-0.39, 0.29) is 5.41 Å². The van der Waals surface area contributed by atoms with Crippen molar-refractivity contribution < 1.29 is 0 Å². The number of fused-ring (bicyclic) bond motifs is 2. The lowest BCUT2D eigenvalue weighted by atomic mass is 9.79. The quantitative estimate of drug-likeness (QED) is 0.573. The molecule has 0 amide bonds. The van der Waals surface area contributed by atoms with Gasteiger partial charge in [-0.25, -0.2) is 0 Å². The fourth-order valence-electron chi connectivity index (χ4n) is 3.25. The highest BCUT2D eigenvalue weighted by Crippen LogP contribution is 2.41. The molecule has 0 atom stereocenters. The molecule has 0 spiro atoms. The second-order valence-corrected chi connectivity index (χ2v) is 6.16. The normalized spacial score (nSPS) is 15.8. The molecule has 4 rings (SSSR count). The van der Waals surface area contributed by atoms with Gasteiger partial charge in [0, 0.05) is 5.41 Å². The van der Waals surface area contributed by atoms with Crippen molar-refractivity contribution in [2.24, 2.45) is 4.99 Å². The summed E-state index contributed by atoms with van der Waals surface area (Å²) >= 11 is 0. The smallest absolute Gasteiger partial charge is 0.0675 e. The van der Waals surface area contributed by atoms with Crippen molar-refractivity contribution in [1.29, 1.82) is 0 Å². The summed E-state index contributed by atoms with van der Waals surface area (Å²) in [4.78, 5) is 4.90. The van der Waals surface area contributed by atoms with Crippen molar-refractivity contribution in [3.05, 3.63) is 77.9 Å². The third kappa shape index (κ3) is 1.81. The van der Waals surface area contributed by atoms with Gasteiger partial charge in [-0.3, -0.25) is 4.99 Å². The Kier molecular flexibility index (Phi) is 2.52. The second-order valence-electron chi connectivity index (χ2n) is 6.16. The van der Waals surface area contributed by atoms with Gasteiger partial charge in [0.25, 0.3) is 0 Å². The maximum Gasteiger partial charge on any atom is 0.0675 e. The lowest BCUT2D eigenvalue weighted by Gasteiger charge is -2.22. The van der Waals surface area contributed by atoms with Gasteiger partial charge in [0.2, 0.25) is 0 Å². The predicted octanol–water partition coefficient (Wildman–Crippen LogP) is 5.25. The second kappa shape index (κ2) is 4.29. The van der Waals surface area contributed by atoms with E-state index in [1.54, 1.807) is 0 Å². The molecule has 0 saturated carbocycles. The van der Waals surface area contributed by atoms with Crippen LogP contribution in [0.25, 0.3) is 10.8 Å². The first-order valence-corrected chi connectivity index (χ1v) is 7.34. The third-order valence-corrected chi connectivity index (χ3v) is 4.42. The molecule has 0 bridgehead atoms. The molecule has 0 N–H and O–H groups in total. The van der Waals surface area contributed by atoms with Gasteiger partial charge in [-0.05, 0) is 34.0 Å².